The lowest BCUT2D eigenvalue weighted by Gasteiger charge is -2.25. The lowest BCUT2D eigenvalue weighted by atomic mass is 10.0. The molecule has 2 amide bonds. The van der Waals surface area contributed by atoms with E-state index in [1.165, 1.54) is 4.90 Å². The second-order valence-corrected chi connectivity index (χ2v) is 7.86. The van der Waals surface area contributed by atoms with E-state index >= 15 is 0 Å². The van der Waals surface area contributed by atoms with Crippen molar-refractivity contribution in [2.75, 3.05) is 19.7 Å². The molecule has 4 rings (SSSR count). The largest absolute Gasteiger partial charge is 0.506 e. The van der Waals surface area contributed by atoms with Gasteiger partial charge in [-0.05, 0) is 36.4 Å². The molecule has 0 saturated carbocycles. The van der Waals surface area contributed by atoms with Crippen LogP contribution in [-0.2, 0) is 4.79 Å². The number of hydrogen-bond acceptors (Lipinski definition) is 5. The Morgan fingerprint density at radius 2 is 1.81 bits per heavy atom. The highest BCUT2D eigenvalue weighted by atomic mass is 16.5. The molecule has 0 aromatic heterocycles. The minimum Gasteiger partial charge on any atom is -0.506 e. The van der Waals surface area contributed by atoms with Crippen molar-refractivity contribution in [2.24, 2.45) is 0 Å². The zero-order valence-corrected chi connectivity index (χ0v) is 17.6. The summed E-state index contributed by atoms with van der Waals surface area (Å²) >= 11 is 0. The molecule has 2 unspecified atom stereocenters. The fraction of sp³-hybridized carbons (Fsp3) is 0.280. The van der Waals surface area contributed by atoms with E-state index in [9.17, 15) is 19.8 Å². The predicted molar refractivity (Wildman–Crippen MR) is 121 cm³/mol. The summed E-state index contributed by atoms with van der Waals surface area (Å²) in [6.07, 6.45) is 0.342. The minimum absolute atomic E-state index is 0.0193. The number of aliphatic hydroxyl groups is 1. The number of carbonyl (C=O) groups excluding carboxylic acids is 2. The maximum absolute atomic E-state index is 13.1. The second kappa shape index (κ2) is 9.70. The van der Waals surface area contributed by atoms with Crippen LogP contribution in [0.15, 0.2) is 66.7 Å². The Morgan fingerprint density at radius 1 is 1.06 bits per heavy atom. The van der Waals surface area contributed by atoms with Crippen molar-refractivity contribution in [2.45, 2.75) is 25.0 Å². The molecule has 2 atom stereocenters. The number of hydrogen-bond donors (Lipinski definition) is 3. The van der Waals surface area contributed by atoms with E-state index in [0.717, 1.165) is 5.39 Å². The number of aliphatic hydroxyl groups excluding tert-OH is 1. The molecule has 0 aliphatic carbocycles. The standard InChI is InChI=1S/C25H26N2O5/c28-18(16-32-19-8-2-1-3-9-19)15-26-24(30)22-11-6-14-27(22)25(31)21-13-12-17-7-4-5-10-20(17)23(21)29/h1-5,7-10,12-13,18,22,28-29H,6,11,14-16H2,(H,26,30). The summed E-state index contributed by atoms with van der Waals surface area (Å²) in [6, 6.07) is 19.1. The monoisotopic (exact) mass is 434 g/mol. The fourth-order valence-electron chi connectivity index (χ4n) is 3.97. The molecule has 3 N–H and O–H groups in total. The molecule has 1 fully saturated rings. The van der Waals surface area contributed by atoms with Crippen LogP contribution < -0.4 is 10.1 Å². The van der Waals surface area contributed by atoms with Gasteiger partial charge in [-0.25, -0.2) is 0 Å². The number of amides is 2. The van der Waals surface area contributed by atoms with E-state index in [0.29, 0.717) is 30.5 Å². The number of phenolic OH excluding ortho intramolecular Hbond substituents is 1. The normalized spacial score (nSPS) is 16.7. The third-order valence-electron chi connectivity index (χ3n) is 5.64. The lowest BCUT2D eigenvalue weighted by Crippen LogP contribution is -2.48. The van der Waals surface area contributed by atoms with Crippen molar-refractivity contribution in [3.8, 4) is 11.5 Å². The van der Waals surface area contributed by atoms with E-state index in [-0.39, 0.29) is 36.3 Å². The summed E-state index contributed by atoms with van der Waals surface area (Å²) in [4.78, 5) is 27.4. The molecule has 0 radical (unpaired) electrons. The average molecular weight is 434 g/mol. The number of nitrogens with one attached hydrogen (secondary N) is 1. The molecule has 166 valence electrons. The number of ether oxygens (including phenoxy) is 1. The Kier molecular flexibility index (Phi) is 6.56. The molecule has 1 aliphatic heterocycles. The predicted octanol–water partition coefficient (Wildman–Crippen LogP) is 2.71. The van der Waals surface area contributed by atoms with Crippen LogP contribution in [0.5, 0.6) is 11.5 Å². The highest BCUT2D eigenvalue weighted by Crippen LogP contribution is 2.31. The molecule has 3 aromatic carbocycles. The van der Waals surface area contributed by atoms with Crippen molar-refractivity contribution in [3.63, 3.8) is 0 Å². The van der Waals surface area contributed by atoms with Gasteiger partial charge in [-0.2, -0.15) is 0 Å². The summed E-state index contributed by atoms with van der Waals surface area (Å²) in [7, 11) is 0. The van der Waals surface area contributed by atoms with Gasteiger partial charge in [0.05, 0.1) is 5.56 Å². The Labute approximate surface area is 186 Å². The highest BCUT2D eigenvalue weighted by Gasteiger charge is 2.35. The van der Waals surface area contributed by atoms with Crippen molar-refractivity contribution >= 4 is 22.6 Å². The SMILES string of the molecule is O=C(NCC(O)COc1ccccc1)C1CCCN1C(=O)c1ccc2ccccc2c1O. The van der Waals surface area contributed by atoms with E-state index in [2.05, 4.69) is 5.32 Å². The molecule has 0 bridgehead atoms. The van der Waals surface area contributed by atoms with E-state index < -0.39 is 12.1 Å². The zero-order chi connectivity index (χ0) is 22.5. The number of rotatable bonds is 7. The minimum atomic E-state index is -0.880. The van der Waals surface area contributed by atoms with Crippen LogP contribution in [0.1, 0.15) is 23.2 Å². The average Bonchev–Trinajstić information content (AvgIpc) is 3.32. The van der Waals surface area contributed by atoms with E-state index in [1.54, 1.807) is 36.4 Å². The number of fused-ring (bicyclic) bond motifs is 1. The van der Waals surface area contributed by atoms with Gasteiger partial charge in [0.2, 0.25) is 5.91 Å². The van der Waals surface area contributed by atoms with Gasteiger partial charge in [0.1, 0.15) is 30.3 Å². The van der Waals surface area contributed by atoms with Gasteiger partial charge < -0.3 is 25.2 Å². The van der Waals surface area contributed by atoms with Crippen LogP contribution in [0.3, 0.4) is 0 Å². The van der Waals surface area contributed by atoms with Gasteiger partial charge in [-0.1, -0.05) is 48.5 Å². The van der Waals surface area contributed by atoms with Gasteiger partial charge in [0, 0.05) is 18.5 Å². The number of likely N-dealkylation sites (tertiary alicyclic amines) is 1. The maximum atomic E-state index is 13.1. The first-order valence-corrected chi connectivity index (χ1v) is 10.7. The Morgan fingerprint density at radius 3 is 2.62 bits per heavy atom. The molecular weight excluding hydrogens is 408 g/mol. The second-order valence-electron chi connectivity index (χ2n) is 7.86. The van der Waals surface area contributed by atoms with Gasteiger partial charge in [-0.3, -0.25) is 9.59 Å². The molecule has 7 nitrogen and oxygen atoms in total. The van der Waals surface area contributed by atoms with Crippen molar-refractivity contribution < 1.29 is 24.5 Å². The summed E-state index contributed by atoms with van der Waals surface area (Å²) in [5, 5.41) is 24.9. The lowest BCUT2D eigenvalue weighted by molar-refractivity contribution is -0.125. The van der Waals surface area contributed by atoms with Gasteiger partial charge >= 0.3 is 0 Å². The first kappa shape index (κ1) is 21.6. The van der Waals surface area contributed by atoms with Crippen LogP contribution in [0.25, 0.3) is 10.8 Å². The molecule has 1 heterocycles. The van der Waals surface area contributed by atoms with E-state index in [4.69, 9.17) is 4.74 Å². The summed E-state index contributed by atoms with van der Waals surface area (Å²) in [5.74, 6) is -0.137. The fourth-order valence-corrected chi connectivity index (χ4v) is 3.97. The summed E-state index contributed by atoms with van der Waals surface area (Å²) < 4.78 is 5.50. The first-order valence-electron chi connectivity index (χ1n) is 10.7. The molecule has 7 heteroatoms. The van der Waals surface area contributed by atoms with Crippen molar-refractivity contribution in [1.82, 2.24) is 10.2 Å². The van der Waals surface area contributed by atoms with Crippen LogP contribution >= 0.6 is 0 Å². The summed E-state index contributed by atoms with van der Waals surface area (Å²) in [5.41, 5.74) is 0.180. The first-order chi connectivity index (χ1) is 15.5. The highest BCUT2D eigenvalue weighted by molar-refractivity contribution is 6.05. The van der Waals surface area contributed by atoms with Crippen LogP contribution in [0.2, 0.25) is 0 Å². The molecule has 1 aliphatic rings. The molecule has 32 heavy (non-hydrogen) atoms. The number of carbonyl (C=O) groups is 2. The summed E-state index contributed by atoms with van der Waals surface area (Å²) in [6.45, 7) is 0.497. The Bertz CT molecular complexity index is 1100. The molecule has 1 saturated heterocycles. The smallest absolute Gasteiger partial charge is 0.258 e. The number of para-hydroxylation sites is 1. The third kappa shape index (κ3) is 4.68. The van der Waals surface area contributed by atoms with E-state index in [1.807, 2.05) is 30.3 Å². The van der Waals surface area contributed by atoms with Gasteiger partial charge in [0.25, 0.3) is 5.91 Å². The number of nitrogens with zero attached hydrogens (tertiary/aromatic N) is 1. The molecular formula is C25H26N2O5. The quantitative estimate of drug-likeness (QED) is 0.531. The topological polar surface area (TPSA) is 99.1 Å². The zero-order valence-electron chi connectivity index (χ0n) is 17.6. The Balaban J connectivity index is 1.37. The van der Waals surface area contributed by atoms with Gasteiger partial charge in [-0.15, -0.1) is 0 Å². The van der Waals surface area contributed by atoms with Crippen LogP contribution in [0.4, 0.5) is 0 Å². The Hall–Kier alpha value is -3.58. The third-order valence-corrected chi connectivity index (χ3v) is 5.64. The van der Waals surface area contributed by atoms with Crippen LogP contribution in [-0.4, -0.2) is 58.8 Å². The van der Waals surface area contributed by atoms with Crippen molar-refractivity contribution in [1.29, 1.82) is 0 Å². The number of benzene rings is 3. The maximum Gasteiger partial charge on any atom is 0.258 e. The molecule has 0 spiro atoms. The number of phenols is 1. The van der Waals surface area contributed by atoms with Crippen LogP contribution in [0, 0.1) is 0 Å². The van der Waals surface area contributed by atoms with Gasteiger partial charge in [0.15, 0.2) is 0 Å². The number of aromatic hydroxyl groups is 1. The van der Waals surface area contributed by atoms with Crippen molar-refractivity contribution in [3.05, 3.63) is 72.3 Å². The molecule has 3 aromatic rings.